The van der Waals surface area contributed by atoms with Gasteiger partial charge in [-0.05, 0) is 72.9 Å². The van der Waals surface area contributed by atoms with E-state index >= 15 is 0 Å². The van der Waals surface area contributed by atoms with Crippen molar-refractivity contribution in [3.63, 3.8) is 0 Å². The molecule has 0 spiro atoms. The molecule has 2 aliphatic heterocycles. The summed E-state index contributed by atoms with van der Waals surface area (Å²) in [5, 5.41) is 0. The Labute approximate surface area is 229 Å². The molecule has 2 saturated heterocycles. The summed E-state index contributed by atoms with van der Waals surface area (Å²) in [5.74, 6) is 0.932. The minimum atomic E-state index is -0.236. The fourth-order valence-electron chi connectivity index (χ4n) is 5.37. The molecule has 2 aliphatic rings. The minimum Gasteiger partial charge on any atom is -0.497 e. The second-order valence-corrected chi connectivity index (χ2v) is 10.4. The second kappa shape index (κ2) is 12.4. The summed E-state index contributed by atoms with van der Waals surface area (Å²) < 4.78 is 18.4. The first-order valence-electron chi connectivity index (χ1n) is 13.6. The van der Waals surface area contributed by atoms with Crippen LogP contribution in [0.15, 0.2) is 66.9 Å². The van der Waals surface area contributed by atoms with Gasteiger partial charge in [0.25, 0.3) is 5.91 Å². The van der Waals surface area contributed by atoms with E-state index in [0.29, 0.717) is 36.7 Å². The van der Waals surface area contributed by atoms with Gasteiger partial charge in [-0.3, -0.25) is 19.5 Å². The average molecular weight is 531 g/mol. The molecule has 0 saturated carbocycles. The molecular formula is C31H35FN4O3. The number of pyridine rings is 1. The second-order valence-electron chi connectivity index (χ2n) is 10.4. The molecule has 0 N–H and O–H groups in total. The van der Waals surface area contributed by atoms with Gasteiger partial charge in [0.1, 0.15) is 17.3 Å². The number of carbonyl (C=O) groups is 2. The van der Waals surface area contributed by atoms with Gasteiger partial charge in [0.05, 0.1) is 7.11 Å². The first-order valence-corrected chi connectivity index (χ1v) is 13.6. The largest absolute Gasteiger partial charge is 0.497 e. The number of carbonyl (C=O) groups excluding carboxylic acids is 2. The number of nitrogens with zero attached hydrogens (tertiary/aromatic N) is 4. The minimum absolute atomic E-state index is 0.0822. The molecular weight excluding hydrogens is 495 g/mol. The summed E-state index contributed by atoms with van der Waals surface area (Å²) in [5.41, 5.74) is 3.17. The quantitative estimate of drug-likeness (QED) is 0.394. The number of ether oxygens (including phenoxy) is 1. The third-order valence-electron chi connectivity index (χ3n) is 7.81. The van der Waals surface area contributed by atoms with E-state index < -0.39 is 0 Å². The zero-order valence-electron chi connectivity index (χ0n) is 22.4. The SMILES string of the molecule is COc1ccc(N2CCC(CC(=O)c3ccc(C(=O)N4CCN(Cc5ccc(F)cc5)CC4)nc3)CC2)cc1. The Balaban J connectivity index is 1.07. The van der Waals surface area contributed by atoms with Crippen LogP contribution in [-0.4, -0.2) is 72.9 Å². The van der Waals surface area contributed by atoms with E-state index in [4.69, 9.17) is 4.74 Å². The first kappa shape index (κ1) is 26.8. The van der Waals surface area contributed by atoms with E-state index in [1.807, 2.05) is 17.0 Å². The molecule has 3 heterocycles. The summed E-state index contributed by atoms with van der Waals surface area (Å²) in [6.07, 6.45) is 3.98. The Bertz CT molecular complexity index is 1250. The first-order chi connectivity index (χ1) is 19.0. The van der Waals surface area contributed by atoms with Gasteiger partial charge in [0.15, 0.2) is 5.78 Å². The van der Waals surface area contributed by atoms with Crippen LogP contribution >= 0.6 is 0 Å². The van der Waals surface area contributed by atoms with Gasteiger partial charge in [0, 0.05) is 69.7 Å². The summed E-state index contributed by atoms with van der Waals surface area (Å²) in [4.78, 5) is 36.7. The highest BCUT2D eigenvalue weighted by atomic mass is 19.1. The maximum Gasteiger partial charge on any atom is 0.272 e. The number of piperidine rings is 1. The number of anilines is 1. The van der Waals surface area contributed by atoms with E-state index in [1.165, 1.54) is 17.8 Å². The number of benzene rings is 2. The van der Waals surface area contributed by atoms with Crippen molar-refractivity contribution in [2.24, 2.45) is 5.92 Å². The highest BCUT2D eigenvalue weighted by Gasteiger charge is 2.25. The van der Waals surface area contributed by atoms with Crippen molar-refractivity contribution in [3.05, 3.63) is 89.5 Å². The number of aromatic nitrogens is 1. The normalized spacial score (nSPS) is 16.8. The monoisotopic (exact) mass is 530 g/mol. The molecule has 1 amide bonds. The molecule has 5 rings (SSSR count). The van der Waals surface area contributed by atoms with E-state index in [1.54, 1.807) is 37.6 Å². The van der Waals surface area contributed by atoms with Gasteiger partial charge in [0.2, 0.25) is 0 Å². The smallest absolute Gasteiger partial charge is 0.272 e. The van der Waals surface area contributed by atoms with Crippen molar-refractivity contribution in [2.45, 2.75) is 25.8 Å². The van der Waals surface area contributed by atoms with E-state index in [-0.39, 0.29) is 17.5 Å². The van der Waals surface area contributed by atoms with E-state index in [9.17, 15) is 14.0 Å². The van der Waals surface area contributed by atoms with Crippen molar-refractivity contribution >= 4 is 17.4 Å². The summed E-state index contributed by atoms with van der Waals surface area (Å²) in [6.45, 7) is 5.29. The predicted octanol–water partition coefficient (Wildman–Crippen LogP) is 4.68. The van der Waals surface area contributed by atoms with Crippen LogP contribution < -0.4 is 9.64 Å². The van der Waals surface area contributed by atoms with Crippen molar-refractivity contribution in [3.8, 4) is 5.75 Å². The predicted molar refractivity (Wildman–Crippen MR) is 149 cm³/mol. The van der Waals surface area contributed by atoms with Gasteiger partial charge in [-0.2, -0.15) is 0 Å². The Kier molecular flexibility index (Phi) is 8.51. The molecule has 2 aromatic carbocycles. The third-order valence-corrected chi connectivity index (χ3v) is 7.81. The molecule has 0 radical (unpaired) electrons. The molecule has 7 nitrogen and oxygen atoms in total. The maximum absolute atomic E-state index is 13.1. The van der Waals surface area contributed by atoms with Crippen LogP contribution in [0.4, 0.5) is 10.1 Å². The van der Waals surface area contributed by atoms with Gasteiger partial charge < -0.3 is 14.5 Å². The highest BCUT2D eigenvalue weighted by Crippen LogP contribution is 2.27. The lowest BCUT2D eigenvalue weighted by atomic mass is 9.90. The van der Waals surface area contributed by atoms with Crippen LogP contribution in [0, 0.1) is 11.7 Å². The van der Waals surface area contributed by atoms with Gasteiger partial charge in [-0.15, -0.1) is 0 Å². The average Bonchev–Trinajstić information content (AvgIpc) is 2.99. The van der Waals surface area contributed by atoms with Crippen molar-refractivity contribution in [1.82, 2.24) is 14.8 Å². The van der Waals surface area contributed by atoms with Crippen LogP contribution in [-0.2, 0) is 6.54 Å². The molecule has 39 heavy (non-hydrogen) atoms. The molecule has 0 aliphatic carbocycles. The van der Waals surface area contributed by atoms with Gasteiger partial charge in [-0.1, -0.05) is 12.1 Å². The number of Topliss-reactive ketones (excluding diaryl/α,β-unsaturated/α-hetero) is 1. The summed E-state index contributed by atoms with van der Waals surface area (Å²) >= 11 is 0. The standard InChI is InChI=1S/C31H35FN4O3/c1-39-28-9-7-27(8-10-28)35-14-12-23(13-15-35)20-30(37)25-4-11-29(33-21-25)31(38)36-18-16-34(17-19-36)22-24-2-5-26(32)6-3-24/h2-11,21,23H,12-20,22H2,1H3. The third kappa shape index (κ3) is 6.81. The highest BCUT2D eigenvalue weighted by molar-refractivity contribution is 5.97. The Morgan fingerprint density at radius 2 is 1.59 bits per heavy atom. The van der Waals surface area contributed by atoms with Crippen LogP contribution in [0.3, 0.4) is 0 Å². The number of halogens is 1. The van der Waals surface area contributed by atoms with Crippen molar-refractivity contribution < 1.29 is 18.7 Å². The van der Waals surface area contributed by atoms with Crippen LogP contribution in [0.5, 0.6) is 5.75 Å². The molecule has 1 aromatic heterocycles. The summed E-state index contributed by atoms with van der Waals surface area (Å²) in [6, 6.07) is 18.1. The van der Waals surface area contributed by atoms with Crippen molar-refractivity contribution in [1.29, 1.82) is 0 Å². The number of amides is 1. The molecule has 0 atom stereocenters. The number of hydrogen-bond acceptors (Lipinski definition) is 6. The van der Waals surface area contributed by atoms with Crippen LogP contribution in [0.25, 0.3) is 0 Å². The molecule has 0 bridgehead atoms. The fourth-order valence-corrected chi connectivity index (χ4v) is 5.37. The Morgan fingerprint density at radius 3 is 2.21 bits per heavy atom. The Morgan fingerprint density at radius 1 is 0.897 bits per heavy atom. The van der Waals surface area contributed by atoms with E-state index in [2.05, 4.69) is 26.9 Å². The van der Waals surface area contributed by atoms with E-state index in [0.717, 1.165) is 56.9 Å². The number of methoxy groups -OCH3 is 1. The lowest BCUT2D eigenvalue weighted by Gasteiger charge is -2.34. The molecule has 204 valence electrons. The lowest BCUT2D eigenvalue weighted by Crippen LogP contribution is -2.48. The summed E-state index contributed by atoms with van der Waals surface area (Å²) in [7, 11) is 1.67. The maximum atomic E-state index is 13.1. The van der Waals surface area contributed by atoms with Gasteiger partial charge in [-0.25, -0.2) is 4.39 Å². The number of piperazine rings is 1. The van der Waals surface area contributed by atoms with Crippen molar-refractivity contribution in [2.75, 3.05) is 51.3 Å². The van der Waals surface area contributed by atoms with Crippen LogP contribution in [0.1, 0.15) is 45.7 Å². The molecule has 8 heteroatoms. The zero-order chi connectivity index (χ0) is 27.2. The Hall–Kier alpha value is -3.78. The number of ketones is 1. The molecule has 2 fully saturated rings. The topological polar surface area (TPSA) is 66.0 Å². The number of rotatable bonds is 8. The zero-order valence-corrected chi connectivity index (χ0v) is 22.4. The molecule has 3 aromatic rings. The fraction of sp³-hybridized carbons (Fsp3) is 0.387. The molecule has 0 unspecified atom stereocenters. The van der Waals surface area contributed by atoms with Gasteiger partial charge >= 0.3 is 0 Å². The lowest BCUT2D eigenvalue weighted by molar-refractivity contribution is 0.0622. The number of hydrogen-bond donors (Lipinski definition) is 0. The van der Waals surface area contributed by atoms with Crippen LogP contribution in [0.2, 0.25) is 0 Å².